The van der Waals surface area contributed by atoms with Crippen LogP contribution in [0.3, 0.4) is 0 Å². The zero-order valence-electron chi connectivity index (χ0n) is 32.1. The first-order valence-corrected chi connectivity index (χ1v) is 20.6. The average molecular weight is 732 g/mol. The molecule has 51 heavy (non-hydrogen) atoms. The molecule has 1 heterocycles. The van der Waals surface area contributed by atoms with Crippen molar-refractivity contribution in [1.29, 1.82) is 0 Å². The average Bonchev–Trinajstić information content (AvgIpc) is 3.13. The van der Waals surface area contributed by atoms with Gasteiger partial charge in [0.2, 0.25) is 5.91 Å². The summed E-state index contributed by atoms with van der Waals surface area (Å²) in [6, 6.07) is -1.18. The van der Waals surface area contributed by atoms with Gasteiger partial charge in [-0.05, 0) is 38.5 Å². The summed E-state index contributed by atoms with van der Waals surface area (Å²) < 4.78 is 11.0. The van der Waals surface area contributed by atoms with E-state index in [-0.39, 0.29) is 12.8 Å². The highest BCUT2D eigenvalue weighted by atomic mass is 16.7. The van der Waals surface area contributed by atoms with Gasteiger partial charge in [0.05, 0.1) is 25.4 Å². The number of carbonyl (C=O) groups excluding carboxylic acids is 1. The quantitative estimate of drug-likeness (QED) is 0.0324. The molecule has 1 saturated heterocycles. The number of rotatable bonds is 33. The van der Waals surface area contributed by atoms with E-state index in [2.05, 4.69) is 31.3 Å². The Labute approximate surface area is 309 Å². The van der Waals surface area contributed by atoms with Crippen LogP contribution in [0.1, 0.15) is 168 Å². The molecule has 9 atom stereocenters. The third-order valence-corrected chi connectivity index (χ3v) is 10.1. The van der Waals surface area contributed by atoms with Crippen LogP contribution in [0.4, 0.5) is 0 Å². The fourth-order valence-corrected chi connectivity index (χ4v) is 6.56. The maximum absolute atomic E-state index is 13.0. The Morgan fingerprint density at radius 1 is 0.667 bits per heavy atom. The molecule has 0 spiro atoms. The fraction of sp³-hybridized carbons (Fsp3) is 0.925. The minimum atomic E-state index is -1.66. The Hall–Kier alpha value is -1.15. The normalized spacial score (nSPS) is 23.4. The molecule has 0 radical (unpaired) electrons. The van der Waals surface area contributed by atoms with Crippen LogP contribution in [0.5, 0.6) is 0 Å². The SMILES string of the molecule is CCCCCCCCCC/C=C/CCCC(O)C(O)C(COC1OC(CO)C(O)C(O)C1O)NC(=O)C(O)CCCCCCCCCCCCC. The van der Waals surface area contributed by atoms with Gasteiger partial charge in [-0.1, -0.05) is 142 Å². The molecule has 1 rings (SSSR count). The maximum atomic E-state index is 13.0. The van der Waals surface area contributed by atoms with Gasteiger partial charge in [-0.3, -0.25) is 4.79 Å². The highest BCUT2D eigenvalue weighted by Crippen LogP contribution is 2.23. The van der Waals surface area contributed by atoms with E-state index < -0.39 is 74.2 Å². The largest absolute Gasteiger partial charge is 0.394 e. The minimum Gasteiger partial charge on any atom is -0.394 e. The third kappa shape index (κ3) is 22.0. The van der Waals surface area contributed by atoms with Crippen LogP contribution in [0.25, 0.3) is 0 Å². The molecule has 0 aliphatic carbocycles. The van der Waals surface area contributed by atoms with Gasteiger partial charge >= 0.3 is 0 Å². The van der Waals surface area contributed by atoms with E-state index in [1.54, 1.807) is 0 Å². The number of ether oxygens (including phenoxy) is 2. The number of aliphatic hydroxyl groups excluding tert-OH is 7. The van der Waals surface area contributed by atoms with Crippen LogP contribution < -0.4 is 5.32 Å². The number of nitrogens with one attached hydrogen (secondary N) is 1. The van der Waals surface area contributed by atoms with Gasteiger partial charge in [-0.25, -0.2) is 0 Å². The zero-order chi connectivity index (χ0) is 37.7. The van der Waals surface area contributed by atoms with Gasteiger partial charge in [0.15, 0.2) is 6.29 Å². The Morgan fingerprint density at radius 2 is 1.16 bits per heavy atom. The van der Waals surface area contributed by atoms with E-state index in [1.165, 1.54) is 89.9 Å². The molecule has 0 bridgehead atoms. The van der Waals surface area contributed by atoms with E-state index in [0.29, 0.717) is 12.8 Å². The molecule has 1 aliphatic rings. The highest BCUT2D eigenvalue weighted by Gasteiger charge is 2.44. The lowest BCUT2D eigenvalue weighted by Gasteiger charge is -2.40. The van der Waals surface area contributed by atoms with Crippen molar-refractivity contribution in [3.05, 3.63) is 12.2 Å². The Bertz CT molecular complexity index is 846. The molecule has 1 aliphatic heterocycles. The molecule has 0 aromatic rings. The summed E-state index contributed by atoms with van der Waals surface area (Å²) in [7, 11) is 0. The predicted octanol–water partition coefficient (Wildman–Crippen LogP) is 5.33. The lowest BCUT2D eigenvalue weighted by atomic mass is 9.98. The molecule has 1 fully saturated rings. The van der Waals surface area contributed by atoms with Crippen molar-refractivity contribution >= 4 is 5.91 Å². The third-order valence-electron chi connectivity index (χ3n) is 10.1. The fourth-order valence-electron chi connectivity index (χ4n) is 6.56. The van der Waals surface area contributed by atoms with E-state index in [9.17, 15) is 40.5 Å². The number of unbranched alkanes of at least 4 members (excludes halogenated alkanes) is 19. The second kappa shape index (κ2) is 31.2. The summed E-state index contributed by atoms with van der Waals surface area (Å²) in [5, 5.41) is 75.2. The van der Waals surface area contributed by atoms with Crippen LogP contribution in [0.15, 0.2) is 12.2 Å². The number of amides is 1. The monoisotopic (exact) mass is 732 g/mol. The van der Waals surface area contributed by atoms with E-state index in [1.807, 2.05) is 0 Å². The lowest BCUT2D eigenvalue weighted by Crippen LogP contribution is -2.60. The summed E-state index contributed by atoms with van der Waals surface area (Å²) in [6.07, 6.45) is 18.4. The molecule has 0 saturated carbocycles. The Kier molecular flexibility index (Phi) is 29.3. The molecule has 1 amide bonds. The summed E-state index contributed by atoms with van der Waals surface area (Å²) in [4.78, 5) is 13.0. The second-order valence-electron chi connectivity index (χ2n) is 14.7. The van der Waals surface area contributed by atoms with Gasteiger partial charge in [0.25, 0.3) is 0 Å². The first kappa shape index (κ1) is 47.9. The van der Waals surface area contributed by atoms with Gasteiger partial charge < -0.3 is 50.5 Å². The van der Waals surface area contributed by atoms with Gasteiger partial charge in [-0.15, -0.1) is 0 Å². The van der Waals surface area contributed by atoms with Crippen LogP contribution in [-0.4, -0.2) is 110 Å². The Morgan fingerprint density at radius 3 is 1.69 bits per heavy atom. The molecule has 11 heteroatoms. The van der Waals surface area contributed by atoms with Crippen molar-refractivity contribution in [3.8, 4) is 0 Å². The van der Waals surface area contributed by atoms with Gasteiger partial charge in [0, 0.05) is 0 Å². The molecule has 8 N–H and O–H groups in total. The smallest absolute Gasteiger partial charge is 0.249 e. The van der Waals surface area contributed by atoms with Crippen molar-refractivity contribution in [2.24, 2.45) is 0 Å². The molecule has 0 aromatic carbocycles. The number of carbonyl (C=O) groups is 1. The van der Waals surface area contributed by atoms with Crippen molar-refractivity contribution in [3.63, 3.8) is 0 Å². The molecule has 11 nitrogen and oxygen atoms in total. The van der Waals surface area contributed by atoms with Crippen LogP contribution in [-0.2, 0) is 14.3 Å². The number of hydrogen-bond donors (Lipinski definition) is 8. The number of allylic oxidation sites excluding steroid dienone is 2. The van der Waals surface area contributed by atoms with Crippen LogP contribution >= 0.6 is 0 Å². The topological polar surface area (TPSA) is 189 Å². The van der Waals surface area contributed by atoms with E-state index >= 15 is 0 Å². The predicted molar refractivity (Wildman–Crippen MR) is 201 cm³/mol. The maximum Gasteiger partial charge on any atom is 0.249 e. The van der Waals surface area contributed by atoms with Crippen LogP contribution in [0, 0.1) is 0 Å². The summed E-state index contributed by atoms with van der Waals surface area (Å²) in [5.41, 5.74) is 0. The Balaban J connectivity index is 2.57. The summed E-state index contributed by atoms with van der Waals surface area (Å²) in [5.74, 6) is -0.709. The van der Waals surface area contributed by atoms with Gasteiger partial charge in [0.1, 0.15) is 36.6 Å². The zero-order valence-corrected chi connectivity index (χ0v) is 32.1. The standard InChI is InChI=1S/C40H77NO10/c1-3-5-7-9-11-13-15-16-18-19-21-23-25-27-32(43)35(45)31(30-50-40-38(48)37(47)36(46)34(29-42)51-40)41-39(49)33(44)28-26-24-22-20-17-14-12-10-8-6-4-2/h19,21,31-38,40,42-48H,3-18,20,22-30H2,1-2H3,(H,41,49)/b21-19+. The number of hydrogen-bond acceptors (Lipinski definition) is 10. The first-order chi connectivity index (χ1) is 24.7. The molecular weight excluding hydrogens is 654 g/mol. The van der Waals surface area contributed by atoms with Crippen molar-refractivity contribution in [2.75, 3.05) is 13.2 Å². The molecule has 0 aromatic heterocycles. The molecule has 302 valence electrons. The summed E-state index contributed by atoms with van der Waals surface area (Å²) >= 11 is 0. The minimum absolute atomic E-state index is 0.257. The van der Waals surface area contributed by atoms with Crippen molar-refractivity contribution in [1.82, 2.24) is 5.32 Å². The molecular formula is C40H77NO10. The van der Waals surface area contributed by atoms with Crippen molar-refractivity contribution < 1.29 is 50.0 Å². The highest BCUT2D eigenvalue weighted by molar-refractivity contribution is 5.80. The lowest BCUT2D eigenvalue weighted by molar-refractivity contribution is -0.303. The van der Waals surface area contributed by atoms with Gasteiger partial charge in [-0.2, -0.15) is 0 Å². The summed E-state index contributed by atoms with van der Waals surface area (Å²) in [6.45, 7) is 3.38. The first-order valence-electron chi connectivity index (χ1n) is 20.6. The van der Waals surface area contributed by atoms with Crippen molar-refractivity contribution in [2.45, 2.75) is 223 Å². The van der Waals surface area contributed by atoms with E-state index in [4.69, 9.17) is 9.47 Å². The second-order valence-corrected chi connectivity index (χ2v) is 14.7. The van der Waals surface area contributed by atoms with E-state index in [0.717, 1.165) is 38.5 Å². The number of aliphatic hydroxyl groups is 7. The van der Waals surface area contributed by atoms with Crippen LogP contribution in [0.2, 0.25) is 0 Å². The molecule has 9 unspecified atom stereocenters.